The van der Waals surface area contributed by atoms with Crippen LogP contribution < -0.4 is 29.3 Å². The van der Waals surface area contributed by atoms with Crippen LogP contribution in [0.15, 0.2) is 91.3 Å². The Labute approximate surface area is 252 Å². The molecule has 3 aromatic carbocycles. The molecule has 4 rings (SSSR count). The van der Waals surface area contributed by atoms with Crippen LogP contribution >= 0.6 is 11.8 Å². The molecule has 5 nitrogen and oxygen atoms in total. The van der Waals surface area contributed by atoms with Crippen LogP contribution in [0.1, 0.15) is 44.6 Å². The molecule has 1 amide bonds. The Bertz CT molecular complexity index is 1470. The molecule has 4 aromatic rings. The van der Waals surface area contributed by atoms with Crippen LogP contribution in [-0.4, -0.2) is 34.9 Å². The van der Waals surface area contributed by atoms with Gasteiger partial charge in [-0.25, -0.2) is 0 Å². The van der Waals surface area contributed by atoms with E-state index in [1.807, 2.05) is 92.3 Å². The number of nitrogens with one attached hydrogen (secondary N) is 1. The minimum absolute atomic E-state index is 0. The quantitative estimate of drug-likeness (QED) is 0.295. The van der Waals surface area contributed by atoms with Crippen LogP contribution in [0.2, 0.25) is 0 Å². The predicted octanol–water partition coefficient (Wildman–Crippen LogP) is 2.42. The van der Waals surface area contributed by atoms with Crippen molar-refractivity contribution in [2.24, 2.45) is 0 Å². The first kappa shape index (κ1) is 31.0. The van der Waals surface area contributed by atoms with Gasteiger partial charge in [-0.05, 0) is 88.9 Å². The van der Waals surface area contributed by atoms with Gasteiger partial charge in [0.2, 0.25) is 0 Å². The second-order valence-electron chi connectivity index (χ2n) is 9.37. The zero-order valence-corrected chi connectivity index (χ0v) is 23.9. The SMILES string of the molecule is CSCCC(NC(=O)c1ccc(/C=C/c2cncc(Cc3ccccc3)c2)cc1-c1ccccc1C)C(=O)[O-].[Li+]. The molecule has 1 heterocycles. The fourth-order valence-corrected chi connectivity index (χ4v) is 4.87. The van der Waals surface area contributed by atoms with Crippen LogP contribution in [-0.2, 0) is 11.2 Å². The van der Waals surface area contributed by atoms with Crippen LogP contribution in [0.4, 0.5) is 0 Å². The minimum atomic E-state index is -1.28. The number of amides is 1. The fraction of sp³-hybridized carbons (Fsp3) is 0.182. The number of carboxylic acid groups (broad SMARTS) is 1. The molecule has 0 saturated carbocycles. The second kappa shape index (κ2) is 15.3. The number of hydrogen-bond acceptors (Lipinski definition) is 5. The van der Waals surface area contributed by atoms with E-state index in [-0.39, 0.29) is 18.9 Å². The van der Waals surface area contributed by atoms with Gasteiger partial charge in [0.05, 0.1) is 12.0 Å². The molecule has 7 heteroatoms. The molecule has 0 aliphatic heterocycles. The van der Waals surface area contributed by atoms with E-state index in [9.17, 15) is 14.7 Å². The number of pyridine rings is 1. The number of rotatable bonds is 11. The normalized spacial score (nSPS) is 11.6. The van der Waals surface area contributed by atoms with Crippen molar-refractivity contribution >= 4 is 35.8 Å². The van der Waals surface area contributed by atoms with Crippen molar-refractivity contribution in [3.8, 4) is 11.1 Å². The number of carbonyl (C=O) groups excluding carboxylic acids is 2. The van der Waals surface area contributed by atoms with Crippen molar-refractivity contribution in [1.82, 2.24) is 10.3 Å². The molecule has 0 aliphatic carbocycles. The molecular weight excluding hydrogens is 511 g/mol. The summed E-state index contributed by atoms with van der Waals surface area (Å²) in [7, 11) is 0. The van der Waals surface area contributed by atoms with Gasteiger partial charge in [-0.3, -0.25) is 9.78 Å². The summed E-state index contributed by atoms with van der Waals surface area (Å²) < 4.78 is 0. The Morgan fingerprint density at radius 2 is 1.62 bits per heavy atom. The van der Waals surface area contributed by atoms with Gasteiger partial charge in [-0.1, -0.05) is 72.8 Å². The first-order valence-corrected chi connectivity index (χ1v) is 14.2. The maximum Gasteiger partial charge on any atom is 1.00 e. The number of carbonyl (C=O) groups is 2. The van der Waals surface area contributed by atoms with Gasteiger partial charge >= 0.3 is 18.9 Å². The first-order valence-electron chi connectivity index (χ1n) is 12.8. The third kappa shape index (κ3) is 8.47. The van der Waals surface area contributed by atoms with Crippen molar-refractivity contribution in [1.29, 1.82) is 0 Å². The Balaban J connectivity index is 0.00000441. The fourth-order valence-electron chi connectivity index (χ4n) is 4.40. The summed E-state index contributed by atoms with van der Waals surface area (Å²) in [6, 6.07) is 24.8. The van der Waals surface area contributed by atoms with Gasteiger partial charge < -0.3 is 15.2 Å². The molecule has 0 spiro atoms. The molecule has 1 atom stereocenters. The summed E-state index contributed by atoms with van der Waals surface area (Å²) in [6.45, 7) is 1.99. The number of carboxylic acids is 1. The Hall–Kier alpha value is -3.56. The van der Waals surface area contributed by atoms with Crippen molar-refractivity contribution < 1.29 is 33.6 Å². The molecule has 0 radical (unpaired) electrons. The van der Waals surface area contributed by atoms with E-state index in [0.29, 0.717) is 17.7 Å². The Morgan fingerprint density at radius 1 is 0.900 bits per heavy atom. The van der Waals surface area contributed by atoms with E-state index in [1.165, 1.54) is 17.3 Å². The van der Waals surface area contributed by atoms with Crippen molar-refractivity contribution in [2.45, 2.75) is 25.8 Å². The molecule has 198 valence electrons. The number of hydrogen-bond donors (Lipinski definition) is 1. The summed E-state index contributed by atoms with van der Waals surface area (Å²) in [5.41, 5.74) is 7.34. The van der Waals surface area contributed by atoms with E-state index >= 15 is 0 Å². The summed E-state index contributed by atoms with van der Waals surface area (Å²) >= 11 is 1.52. The number of aryl methyl sites for hydroxylation is 1. The van der Waals surface area contributed by atoms with E-state index in [2.05, 4.69) is 28.5 Å². The second-order valence-corrected chi connectivity index (χ2v) is 10.4. The maximum absolute atomic E-state index is 13.3. The van der Waals surface area contributed by atoms with Gasteiger partial charge in [-0.15, -0.1) is 0 Å². The molecule has 0 aliphatic rings. The van der Waals surface area contributed by atoms with E-state index in [0.717, 1.165) is 39.8 Å². The molecule has 0 bridgehead atoms. The molecular formula is C33H31LiN2O3S. The topological polar surface area (TPSA) is 82.1 Å². The zero-order chi connectivity index (χ0) is 27.6. The Morgan fingerprint density at radius 3 is 2.35 bits per heavy atom. The first-order chi connectivity index (χ1) is 18.9. The summed E-state index contributed by atoms with van der Waals surface area (Å²) in [4.78, 5) is 29.3. The Kier molecular flexibility index (Phi) is 11.8. The molecule has 1 unspecified atom stereocenters. The van der Waals surface area contributed by atoms with Crippen LogP contribution in [0.25, 0.3) is 23.3 Å². The van der Waals surface area contributed by atoms with Crippen molar-refractivity contribution in [2.75, 3.05) is 12.0 Å². The zero-order valence-electron chi connectivity index (χ0n) is 23.1. The van der Waals surface area contributed by atoms with E-state index < -0.39 is 17.9 Å². The van der Waals surface area contributed by atoms with Crippen molar-refractivity contribution in [3.63, 3.8) is 0 Å². The summed E-state index contributed by atoms with van der Waals surface area (Å²) in [5, 5.41) is 14.3. The minimum Gasteiger partial charge on any atom is -0.548 e. The average molecular weight is 543 g/mol. The molecule has 40 heavy (non-hydrogen) atoms. The molecule has 1 N–H and O–H groups in total. The van der Waals surface area contributed by atoms with Gasteiger partial charge in [0.25, 0.3) is 5.91 Å². The number of aromatic nitrogens is 1. The standard InChI is InChI=1S/C33H32N2O3S.Li/c1-23-8-6-7-11-28(23)30-20-25(14-15-29(30)32(36)35-31(33(37)38)16-17-39-2)12-13-26-19-27(22-34-21-26)18-24-9-4-3-5-10-24;/h3-15,19-22,31H,16-18H2,1-2H3,(H,35,36)(H,37,38);/q;+1/p-1/b13-12+;. The van der Waals surface area contributed by atoms with E-state index in [4.69, 9.17) is 0 Å². The number of nitrogens with zero attached hydrogens (tertiary/aromatic N) is 1. The van der Waals surface area contributed by atoms with Gasteiger partial charge in [0, 0.05) is 18.0 Å². The molecule has 0 saturated heterocycles. The third-order valence-electron chi connectivity index (χ3n) is 6.46. The van der Waals surface area contributed by atoms with Crippen LogP contribution in [0, 0.1) is 6.92 Å². The van der Waals surface area contributed by atoms with E-state index in [1.54, 1.807) is 6.07 Å². The maximum atomic E-state index is 13.3. The smallest absolute Gasteiger partial charge is 0.548 e. The largest absolute Gasteiger partial charge is 1.00 e. The van der Waals surface area contributed by atoms with Gasteiger partial charge in [0.1, 0.15) is 0 Å². The number of aliphatic carboxylic acids is 1. The summed E-state index contributed by atoms with van der Waals surface area (Å²) in [6.07, 6.45) is 10.7. The third-order valence-corrected chi connectivity index (χ3v) is 7.10. The molecule has 1 aromatic heterocycles. The van der Waals surface area contributed by atoms with Gasteiger partial charge in [0.15, 0.2) is 0 Å². The van der Waals surface area contributed by atoms with Crippen LogP contribution in [0.3, 0.4) is 0 Å². The van der Waals surface area contributed by atoms with Gasteiger partial charge in [-0.2, -0.15) is 11.8 Å². The monoisotopic (exact) mass is 542 g/mol. The average Bonchev–Trinajstić information content (AvgIpc) is 2.95. The van der Waals surface area contributed by atoms with Crippen molar-refractivity contribution in [3.05, 3.63) is 125 Å². The molecule has 0 fully saturated rings. The summed E-state index contributed by atoms with van der Waals surface area (Å²) in [5.74, 6) is -1.11. The van der Waals surface area contributed by atoms with Crippen LogP contribution in [0.5, 0.6) is 0 Å². The predicted molar refractivity (Wildman–Crippen MR) is 158 cm³/mol. The number of thioether (sulfide) groups is 1. The number of benzene rings is 3.